The maximum atomic E-state index is 11.7. The van der Waals surface area contributed by atoms with E-state index in [1.807, 2.05) is 0 Å². The Morgan fingerprint density at radius 1 is 1.10 bits per heavy atom. The quantitative estimate of drug-likeness (QED) is 0.795. The fraction of sp³-hybridized carbons (Fsp3) is 0.0714. The van der Waals surface area contributed by atoms with Gasteiger partial charge in [0.1, 0.15) is 0 Å². The average molecular weight is 328 g/mol. The van der Waals surface area contributed by atoms with Gasteiger partial charge in [-0.3, -0.25) is 4.99 Å². The van der Waals surface area contributed by atoms with Crippen molar-refractivity contribution in [2.75, 3.05) is 6.26 Å². The Labute approximate surface area is 127 Å². The Morgan fingerprint density at radius 3 is 2.50 bits per heavy atom. The van der Waals surface area contributed by atoms with Crippen LogP contribution in [0.3, 0.4) is 0 Å². The van der Waals surface area contributed by atoms with Crippen LogP contribution in [-0.4, -0.2) is 20.9 Å². The molecule has 0 N–H and O–H groups in total. The predicted molar refractivity (Wildman–Crippen MR) is 83.3 cm³/mol. The van der Waals surface area contributed by atoms with E-state index >= 15 is 0 Å². The maximum absolute atomic E-state index is 11.7. The Hall–Kier alpha value is -1.36. The van der Waals surface area contributed by atoms with Crippen LogP contribution in [0, 0.1) is 0 Å². The number of halogens is 2. The Morgan fingerprint density at radius 2 is 1.80 bits per heavy atom. The van der Waals surface area contributed by atoms with Crippen LogP contribution in [0.1, 0.15) is 5.56 Å². The number of nitrogens with zero attached hydrogens (tertiary/aromatic N) is 1. The zero-order valence-electron chi connectivity index (χ0n) is 10.5. The molecule has 104 valence electrons. The van der Waals surface area contributed by atoms with Crippen molar-refractivity contribution in [2.24, 2.45) is 4.99 Å². The highest BCUT2D eigenvalue weighted by molar-refractivity contribution is 7.90. The largest absolute Gasteiger partial charge is 0.255 e. The maximum Gasteiger partial charge on any atom is 0.177 e. The number of hydrogen-bond donors (Lipinski definition) is 0. The minimum absolute atomic E-state index is 0.175. The van der Waals surface area contributed by atoms with Crippen LogP contribution in [0.15, 0.2) is 52.4 Å². The highest BCUT2D eigenvalue weighted by Crippen LogP contribution is 2.25. The summed E-state index contributed by atoms with van der Waals surface area (Å²) in [5, 5.41) is 1.03. The third-order valence-corrected chi connectivity index (χ3v) is 4.29. The summed E-state index contributed by atoms with van der Waals surface area (Å²) < 4.78 is 23.3. The highest BCUT2D eigenvalue weighted by Gasteiger charge is 2.11. The van der Waals surface area contributed by atoms with Gasteiger partial charge in [0.25, 0.3) is 0 Å². The van der Waals surface area contributed by atoms with Crippen LogP contribution in [0.25, 0.3) is 0 Å². The van der Waals surface area contributed by atoms with Crippen molar-refractivity contribution in [3.8, 4) is 0 Å². The molecule has 2 rings (SSSR count). The van der Waals surface area contributed by atoms with Crippen molar-refractivity contribution >= 4 is 44.9 Å². The molecule has 0 bridgehead atoms. The molecule has 0 atom stereocenters. The second-order valence-electron chi connectivity index (χ2n) is 4.16. The first-order valence-electron chi connectivity index (χ1n) is 5.66. The van der Waals surface area contributed by atoms with Crippen molar-refractivity contribution in [2.45, 2.75) is 4.90 Å². The highest BCUT2D eigenvalue weighted by atomic mass is 35.5. The zero-order valence-corrected chi connectivity index (χ0v) is 12.9. The standard InChI is InChI=1S/C14H11Cl2NO2S/c1-20(18,19)14-5-3-2-4-13(14)17-9-10-8-11(15)6-7-12(10)16/h2-9H,1H3. The molecule has 6 heteroatoms. The van der Waals surface area contributed by atoms with Crippen molar-refractivity contribution in [3.05, 3.63) is 58.1 Å². The molecule has 2 aromatic carbocycles. The lowest BCUT2D eigenvalue weighted by atomic mass is 10.2. The van der Waals surface area contributed by atoms with Crippen LogP contribution in [-0.2, 0) is 9.84 Å². The minimum atomic E-state index is -3.33. The summed E-state index contributed by atoms with van der Waals surface area (Å²) >= 11 is 11.9. The molecule has 0 fully saturated rings. The molecule has 0 aliphatic carbocycles. The summed E-state index contributed by atoms with van der Waals surface area (Å²) in [4.78, 5) is 4.37. The number of aliphatic imine (C=N–C) groups is 1. The Bertz CT molecular complexity index is 770. The van der Waals surface area contributed by atoms with Crippen molar-refractivity contribution in [1.82, 2.24) is 0 Å². The van der Waals surface area contributed by atoms with Gasteiger partial charge in [-0.1, -0.05) is 35.3 Å². The van der Waals surface area contributed by atoms with Gasteiger partial charge in [-0.2, -0.15) is 0 Å². The summed E-state index contributed by atoms with van der Waals surface area (Å²) in [6.07, 6.45) is 2.64. The number of hydrogen-bond acceptors (Lipinski definition) is 3. The minimum Gasteiger partial charge on any atom is -0.255 e. The van der Waals surface area contributed by atoms with Gasteiger partial charge in [-0.05, 0) is 30.3 Å². The Kier molecular flexibility index (Phi) is 4.48. The van der Waals surface area contributed by atoms with Gasteiger partial charge in [0, 0.05) is 28.1 Å². The molecule has 0 amide bonds. The molecule has 0 aliphatic rings. The van der Waals surface area contributed by atoms with E-state index < -0.39 is 9.84 Å². The Balaban J connectivity index is 2.45. The molecule has 0 saturated heterocycles. The molecule has 0 saturated carbocycles. The molecule has 0 heterocycles. The van der Waals surface area contributed by atoms with Gasteiger partial charge in [0.15, 0.2) is 9.84 Å². The lowest BCUT2D eigenvalue weighted by molar-refractivity contribution is 0.602. The molecular weight excluding hydrogens is 317 g/mol. The van der Waals surface area contributed by atoms with Crippen LogP contribution < -0.4 is 0 Å². The first kappa shape index (κ1) is 15.0. The second-order valence-corrected chi connectivity index (χ2v) is 6.99. The molecule has 0 aliphatic heterocycles. The summed E-state index contributed by atoms with van der Waals surface area (Å²) in [7, 11) is -3.33. The molecular formula is C14H11Cl2NO2S. The molecule has 0 spiro atoms. The van der Waals surface area contributed by atoms with E-state index in [0.29, 0.717) is 21.3 Å². The second kappa shape index (κ2) is 5.95. The van der Waals surface area contributed by atoms with Gasteiger partial charge < -0.3 is 0 Å². The monoisotopic (exact) mass is 327 g/mol. The molecule has 0 radical (unpaired) electrons. The summed E-state index contributed by atoms with van der Waals surface area (Å²) in [5.41, 5.74) is 0.994. The van der Waals surface area contributed by atoms with E-state index in [0.717, 1.165) is 6.26 Å². The third kappa shape index (κ3) is 3.60. The van der Waals surface area contributed by atoms with Crippen LogP contribution in [0.5, 0.6) is 0 Å². The summed E-state index contributed by atoms with van der Waals surface area (Å²) in [5.74, 6) is 0. The smallest absolute Gasteiger partial charge is 0.177 e. The number of sulfone groups is 1. The SMILES string of the molecule is CS(=O)(=O)c1ccccc1N=Cc1cc(Cl)ccc1Cl. The number of rotatable bonds is 3. The van der Waals surface area contributed by atoms with Gasteiger partial charge >= 0.3 is 0 Å². The topological polar surface area (TPSA) is 46.5 Å². The first-order valence-corrected chi connectivity index (χ1v) is 8.31. The van der Waals surface area contributed by atoms with Gasteiger partial charge in [-0.25, -0.2) is 8.42 Å². The van der Waals surface area contributed by atoms with Gasteiger partial charge in [-0.15, -0.1) is 0 Å². The van der Waals surface area contributed by atoms with Crippen LogP contribution in [0.2, 0.25) is 10.0 Å². The van der Waals surface area contributed by atoms with Crippen molar-refractivity contribution in [3.63, 3.8) is 0 Å². The fourth-order valence-corrected chi connectivity index (χ4v) is 2.80. The van der Waals surface area contributed by atoms with Crippen LogP contribution >= 0.6 is 23.2 Å². The lowest BCUT2D eigenvalue weighted by Crippen LogP contribution is -1.97. The molecule has 2 aromatic rings. The fourth-order valence-electron chi connectivity index (χ4n) is 1.63. The van der Waals surface area contributed by atoms with Crippen molar-refractivity contribution in [1.29, 1.82) is 0 Å². The van der Waals surface area contributed by atoms with E-state index in [4.69, 9.17) is 23.2 Å². The van der Waals surface area contributed by atoms with Crippen molar-refractivity contribution < 1.29 is 8.42 Å². The third-order valence-electron chi connectivity index (χ3n) is 2.57. The molecule has 3 nitrogen and oxygen atoms in total. The van der Waals surface area contributed by atoms with E-state index in [1.165, 1.54) is 12.3 Å². The predicted octanol–water partition coefficient (Wildman–Crippen LogP) is 4.15. The van der Waals surface area contributed by atoms with E-state index in [9.17, 15) is 8.42 Å². The number of benzene rings is 2. The lowest BCUT2D eigenvalue weighted by Gasteiger charge is -2.03. The van der Waals surface area contributed by atoms with Crippen LogP contribution in [0.4, 0.5) is 5.69 Å². The van der Waals surface area contributed by atoms with E-state index in [1.54, 1.807) is 36.4 Å². The molecule has 0 unspecified atom stereocenters. The van der Waals surface area contributed by atoms with Gasteiger partial charge in [0.2, 0.25) is 0 Å². The molecule has 0 aromatic heterocycles. The molecule has 20 heavy (non-hydrogen) atoms. The summed E-state index contributed by atoms with van der Waals surface area (Å²) in [6, 6.07) is 11.5. The zero-order chi connectivity index (χ0) is 14.8. The average Bonchev–Trinajstić information content (AvgIpc) is 2.39. The first-order chi connectivity index (χ1) is 9.38. The normalized spacial score (nSPS) is 11.9. The van der Waals surface area contributed by atoms with Gasteiger partial charge in [0.05, 0.1) is 10.6 Å². The van der Waals surface area contributed by atoms with E-state index in [-0.39, 0.29) is 4.90 Å². The van der Waals surface area contributed by atoms with E-state index in [2.05, 4.69) is 4.99 Å². The summed E-state index contributed by atoms with van der Waals surface area (Å²) in [6.45, 7) is 0. The number of para-hydroxylation sites is 1.